The minimum Gasteiger partial charge on any atom is -0.481 e. The molecule has 10 nitrogen and oxygen atoms in total. The molecule has 0 aromatic rings. The van der Waals surface area contributed by atoms with Crippen molar-refractivity contribution in [2.45, 2.75) is 115 Å². The van der Waals surface area contributed by atoms with Crippen molar-refractivity contribution in [2.24, 2.45) is 23.7 Å². The van der Waals surface area contributed by atoms with Crippen molar-refractivity contribution in [3.05, 3.63) is 0 Å². The first kappa shape index (κ1) is 36.9. The third-order valence-corrected chi connectivity index (χ3v) is 26.2. The molecule has 0 heterocycles. The quantitative estimate of drug-likeness (QED) is 0.202. The smallest absolute Gasteiger partial charge is 0.307 e. The van der Waals surface area contributed by atoms with E-state index < -0.39 is 68.9 Å². The van der Waals surface area contributed by atoms with E-state index in [-0.39, 0.29) is 22.9 Å². The first-order chi connectivity index (χ1) is 19.2. The largest absolute Gasteiger partial charge is 0.481 e. The fraction of sp³-hybridized carbons (Fsp3) is 0.857. The predicted molar refractivity (Wildman–Crippen MR) is 174 cm³/mol. The van der Waals surface area contributed by atoms with Crippen molar-refractivity contribution in [3.63, 3.8) is 0 Å². The molecule has 0 aromatic carbocycles. The van der Waals surface area contributed by atoms with Crippen molar-refractivity contribution in [2.75, 3.05) is 13.2 Å². The van der Waals surface area contributed by atoms with Gasteiger partial charge in [-0.2, -0.15) is 0 Å². The normalized spacial score (nSPS) is 27.7. The van der Waals surface area contributed by atoms with E-state index in [9.17, 15) is 29.4 Å². The van der Waals surface area contributed by atoms with Crippen molar-refractivity contribution < 1.29 is 37.6 Å². The van der Waals surface area contributed by atoms with Gasteiger partial charge in [-0.25, -0.2) is 0 Å². The van der Waals surface area contributed by atoms with Gasteiger partial charge in [0.15, 0.2) is 33.3 Å². The van der Waals surface area contributed by atoms with Crippen molar-refractivity contribution in [1.29, 1.82) is 0 Å². The van der Waals surface area contributed by atoms with Crippen LogP contribution < -0.4 is 10.6 Å². The van der Waals surface area contributed by atoms with Crippen LogP contribution in [0.25, 0.3) is 0 Å². The molecule has 2 aliphatic rings. The lowest BCUT2D eigenvalue weighted by molar-refractivity contribution is -0.149. The zero-order chi connectivity index (χ0) is 32.3. The van der Waals surface area contributed by atoms with E-state index in [4.69, 9.17) is 8.23 Å². The maximum Gasteiger partial charge on any atom is 0.307 e. The number of hydrogen-bond donors (Lipinski definition) is 4. The molecular formula is C28H56N2O8Si4. The molecule has 4 N–H and O–H groups in total. The Kier molecular flexibility index (Phi) is 12.4. The van der Waals surface area contributed by atoms with Crippen molar-refractivity contribution in [3.8, 4) is 0 Å². The highest BCUT2D eigenvalue weighted by Crippen LogP contribution is 2.48. The summed E-state index contributed by atoms with van der Waals surface area (Å²) in [6.07, 6.45) is 3.77. The van der Waals surface area contributed by atoms with Crippen LogP contribution in [-0.4, -0.2) is 80.5 Å². The van der Waals surface area contributed by atoms with Crippen LogP contribution in [-0.2, 0) is 27.4 Å². The Morgan fingerprint density at radius 2 is 1.14 bits per heavy atom. The molecule has 2 fully saturated rings. The second-order valence-corrected chi connectivity index (χ2v) is 32.5. The molecule has 0 radical (unpaired) electrons. The Balaban J connectivity index is 2.15. The van der Waals surface area contributed by atoms with E-state index >= 15 is 0 Å². The van der Waals surface area contributed by atoms with Gasteiger partial charge in [0.25, 0.3) is 0 Å². The summed E-state index contributed by atoms with van der Waals surface area (Å²) in [5, 5.41) is 25.6. The van der Waals surface area contributed by atoms with Crippen LogP contribution >= 0.6 is 0 Å². The van der Waals surface area contributed by atoms with Gasteiger partial charge in [-0.15, -0.1) is 0 Å². The number of hydrogen-bond acceptors (Lipinski definition) is 6. The summed E-state index contributed by atoms with van der Waals surface area (Å²) in [7, 11) is -7.22. The van der Waals surface area contributed by atoms with Gasteiger partial charge in [0.05, 0.1) is 23.7 Å². The molecule has 42 heavy (non-hydrogen) atoms. The summed E-state index contributed by atoms with van der Waals surface area (Å²) < 4.78 is 13.6. The maximum absolute atomic E-state index is 13.5. The van der Waals surface area contributed by atoms with Gasteiger partial charge < -0.3 is 29.1 Å². The zero-order valence-electron chi connectivity index (χ0n) is 27.5. The number of carboxylic acids is 2. The molecule has 0 aromatic heterocycles. The molecule has 0 spiro atoms. The SMILES string of the molecule is CC[Si](C)(C)O[Si](C)(C)CNC(=O)C1CC([Si](C)(C)O[Si](C)(C)C2CCC(C(=O)NC)C(C(=O)O)C2)CCC1C(=O)O. The van der Waals surface area contributed by atoms with Gasteiger partial charge in [0.2, 0.25) is 11.8 Å². The minimum atomic E-state index is -2.41. The van der Waals surface area contributed by atoms with Gasteiger partial charge in [-0.05, 0) is 108 Å². The molecule has 14 heteroatoms. The average Bonchev–Trinajstić information content (AvgIpc) is 2.89. The Morgan fingerprint density at radius 1 is 0.667 bits per heavy atom. The highest BCUT2D eigenvalue weighted by atomic mass is 28.4. The molecule has 2 saturated carbocycles. The van der Waals surface area contributed by atoms with E-state index in [1.165, 1.54) is 0 Å². The third kappa shape index (κ3) is 9.58. The number of amides is 2. The first-order valence-corrected chi connectivity index (χ1v) is 27.7. The number of carbonyl (C=O) groups excluding carboxylic acids is 2. The molecule has 6 atom stereocenters. The zero-order valence-corrected chi connectivity index (χ0v) is 31.5. The minimum absolute atomic E-state index is 0.101. The van der Waals surface area contributed by atoms with E-state index in [0.29, 0.717) is 38.3 Å². The van der Waals surface area contributed by atoms with Crippen LogP contribution in [0.2, 0.25) is 69.5 Å². The van der Waals surface area contributed by atoms with E-state index in [1.54, 1.807) is 7.05 Å². The monoisotopic (exact) mass is 660 g/mol. The van der Waals surface area contributed by atoms with E-state index in [1.807, 2.05) is 0 Å². The topological polar surface area (TPSA) is 151 Å². The second kappa shape index (κ2) is 14.2. The van der Waals surface area contributed by atoms with Gasteiger partial charge in [0, 0.05) is 13.2 Å². The number of carbonyl (C=O) groups is 4. The Hall–Kier alpha value is -1.33. The summed E-state index contributed by atoms with van der Waals surface area (Å²) in [4.78, 5) is 50.1. The molecule has 0 bridgehead atoms. The summed E-state index contributed by atoms with van der Waals surface area (Å²) in [6, 6.07) is 0.995. The molecule has 242 valence electrons. The number of carboxylic acid groups (broad SMARTS) is 2. The number of aliphatic carboxylic acids is 2. The third-order valence-electron chi connectivity index (χ3n) is 9.84. The standard InChI is InChI=1S/C28H56N2O8Si4/c1-11-39(3,4)37-40(5,6)18-30-26(32)23-16-19(13-15-22(23)27(33)34)41(7,8)38-42(9,10)20-12-14-21(25(31)29-2)24(17-20)28(35)36/h19-24H,11-18H2,1-10H3,(H,29,31)(H,30,32)(H,33,34)(H,35,36). The van der Waals surface area contributed by atoms with Crippen molar-refractivity contribution in [1.82, 2.24) is 10.6 Å². The highest BCUT2D eigenvalue weighted by Gasteiger charge is 2.51. The lowest BCUT2D eigenvalue weighted by Gasteiger charge is -2.47. The average molecular weight is 661 g/mol. The van der Waals surface area contributed by atoms with Crippen LogP contribution in [0.1, 0.15) is 45.4 Å². The van der Waals surface area contributed by atoms with E-state index in [0.717, 1.165) is 12.5 Å². The maximum atomic E-state index is 13.5. The Bertz CT molecular complexity index is 1010. The Labute approximate surface area is 256 Å². The molecule has 2 amide bonds. The molecule has 6 unspecified atom stereocenters. The highest BCUT2D eigenvalue weighted by molar-refractivity contribution is 6.86. The van der Waals surface area contributed by atoms with Gasteiger partial charge in [-0.3, -0.25) is 19.2 Å². The van der Waals surface area contributed by atoms with Crippen LogP contribution in [0.5, 0.6) is 0 Å². The number of rotatable bonds is 13. The summed E-state index contributed by atoms with van der Waals surface area (Å²) in [5.41, 5.74) is 0.213. The summed E-state index contributed by atoms with van der Waals surface area (Å²) in [6.45, 7) is 19.3. The molecule has 0 saturated heterocycles. The lowest BCUT2D eigenvalue weighted by atomic mass is 9.78. The fourth-order valence-electron chi connectivity index (χ4n) is 7.09. The van der Waals surface area contributed by atoms with Crippen LogP contribution in [0.4, 0.5) is 0 Å². The molecule has 2 aliphatic carbocycles. The molecule has 0 aliphatic heterocycles. The van der Waals surface area contributed by atoms with Crippen molar-refractivity contribution >= 4 is 57.0 Å². The molecular weight excluding hydrogens is 605 g/mol. The van der Waals surface area contributed by atoms with Crippen LogP contribution in [0, 0.1) is 23.7 Å². The van der Waals surface area contributed by atoms with Crippen LogP contribution in [0.3, 0.4) is 0 Å². The first-order valence-electron chi connectivity index (χ1n) is 15.5. The predicted octanol–water partition coefficient (Wildman–Crippen LogP) is 5.00. The van der Waals surface area contributed by atoms with Gasteiger partial charge in [0.1, 0.15) is 0 Å². The van der Waals surface area contributed by atoms with Gasteiger partial charge in [-0.1, -0.05) is 6.92 Å². The fourth-order valence-corrected chi connectivity index (χ4v) is 24.7. The van der Waals surface area contributed by atoms with Gasteiger partial charge >= 0.3 is 11.9 Å². The summed E-state index contributed by atoms with van der Waals surface area (Å²) in [5.74, 6) is -4.89. The lowest BCUT2D eigenvalue weighted by Crippen LogP contribution is -2.55. The van der Waals surface area contributed by atoms with E-state index in [2.05, 4.69) is 69.9 Å². The molecule has 2 rings (SSSR count). The Morgan fingerprint density at radius 3 is 1.60 bits per heavy atom. The summed E-state index contributed by atoms with van der Waals surface area (Å²) >= 11 is 0. The second-order valence-electron chi connectivity index (χ2n) is 14.7. The number of nitrogens with one attached hydrogen (secondary N) is 2. The van der Waals surface area contributed by atoms with Crippen LogP contribution in [0.15, 0.2) is 0 Å².